The van der Waals surface area contributed by atoms with E-state index in [0.717, 1.165) is 37.6 Å². The maximum absolute atomic E-state index is 12.7. The maximum Gasteiger partial charge on any atom is 0.230 e. The molecule has 0 atom stereocenters. The minimum atomic E-state index is -0.143. The lowest BCUT2D eigenvalue weighted by Gasteiger charge is -2.18. The number of ether oxygens (including phenoxy) is 2. The van der Waals surface area contributed by atoms with E-state index < -0.39 is 0 Å². The number of H-pyrrole nitrogens is 1. The van der Waals surface area contributed by atoms with Crippen molar-refractivity contribution in [2.75, 3.05) is 18.5 Å². The molecule has 5 rings (SSSR count). The molecule has 2 aromatic heterocycles. The predicted molar refractivity (Wildman–Crippen MR) is 116 cm³/mol. The summed E-state index contributed by atoms with van der Waals surface area (Å²) >= 11 is 1.66. The molecule has 0 fully saturated rings. The number of nitrogens with one attached hydrogen (secondary N) is 2. The zero-order valence-electron chi connectivity index (χ0n) is 16.6. The first-order chi connectivity index (χ1) is 14.6. The molecule has 4 aromatic rings. The third-order valence-corrected chi connectivity index (χ3v) is 6.08. The minimum Gasteiger partial charge on any atom is -0.486 e. The van der Waals surface area contributed by atoms with Crippen LogP contribution in [0.15, 0.2) is 36.4 Å². The first-order valence-electron chi connectivity index (χ1n) is 9.68. The van der Waals surface area contributed by atoms with Crippen molar-refractivity contribution < 1.29 is 14.3 Å². The molecule has 7 nitrogen and oxygen atoms in total. The van der Waals surface area contributed by atoms with E-state index in [1.54, 1.807) is 11.3 Å². The van der Waals surface area contributed by atoms with E-state index in [2.05, 4.69) is 20.5 Å². The van der Waals surface area contributed by atoms with Gasteiger partial charge in [0.05, 0.1) is 27.5 Å². The van der Waals surface area contributed by atoms with Crippen molar-refractivity contribution in [1.82, 2.24) is 15.2 Å². The number of hydrogen-bond acceptors (Lipinski definition) is 6. The molecule has 152 valence electrons. The van der Waals surface area contributed by atoms with Gasteiger partial charge in [-0.05, 0) is 49.2 Å². The Morgan fingerprint density at radius 3 is 2.77 bits per heavy atom. The van der Waals surface area contributed by atoms with Gasteiger partial charge in [-0.2, -0.15) is 5.10 Å². The summed E-state index contributed by atoms with van der Waals surface area (Å²) in [4.78, 5) is 18.3. The molecule has 1 amide bonds. The monoisotopic (exact) mass is 420 g/mol. The number of anilines is 1. The zero-order valence-corrected chi connectivity index (χ0v) is 17.4. The Bertz CT molecular complexity index is 1260. The van der Waals surface area contributed by atoms with Crippen molar-refractivity contribution >= 4 is 34.0 Å². The Morgan fingerprint density at radius 2 is 1.97 bits per heavy atom. The zero-order chi connectivity index (χ0) is 20.7. The number of nitrogens with zero attached hydrogens (tertiary/aromatic N) is 2. The Labute approximate surface area is 177 Å². The standard InChI is InChI=1S/C22H20N4O3S/c1-12-21(30-13(2)23-12)15-4-5-17-16(11-15)22(26-25-17)24-20(27)10-14-3-6-18-19(9-14)29-8-7-28-18/h3-6,9,11H,7-8,10H2,1-2H3,(H2,24,25,26,27). The Kier molecular flexibility index (Phi) is 4.63. The Hall–Kier alpha value is -3.39. The number of aryl methyl sites for hydroxylation is 2. The molecule has 2 N–H and O–H groups in total. The molecular weight excluding hydrogens is 400 g/mol. The number of carbonyl (C=O) groups is 1. The van der Waals surface area contributed by atoms with Gasteiger partial charge in [-0.25, -0.2) is 4.98 Å². The maximum atomic E-state index is 12.7. The number of carbonyl (C=O) groups excluding carboxylic acids is 1. The van der Waals surface area contributed by atoms with Crippen LogP contribution in [0.4, 0.5) is 5.82 Å². The summed E-state index contributed by atoms with van der Waals surface area (Å²) in [5.74, 6) is 1.77. The highest BCUT2D eigenvalue weighted by Gasteiger charge is 2.16. The number of amides is 1. The highest BCUT2D eigenvalue weighted by Crippen LogP contribution is 2.34. The number of benzene rings is 2. The average Bonchev–Trinajstić information content (AvgIpc) is 3.29. The average molecular weight is 420 g/mol. The molecule has 0 bridgehead atoms. The first-order valence-corrected chi connectivity index (χ1v) is 10.5. The van der Waals surface area contributed by atoms with Gasteiger partial charge in [-0.1, -0.05) is 12.1 Å². The largest absolute Gasteiger partial charge is 0.486 e. The molecular formula is C22H20N4O3S. The number of rotatable bonds is 4. The van der Waals surface area contributed by atoms with Gasteiger partial charge < -0.3 is 14.8 Å². The molecule has 8 heteroatoms. The third kappa shape index (κ3) is 3.50. The Morgan fingerprint density at radius 1 is 1.13 bits per heavy atom. The van der Waals surface area contributed by atoms with Gasteiger partial charge in [0, 0.05) is 5.39 Å². The molecule has 0 spiro atoms. The summed E-state index contributed by atoms with van der Waals surface area (Å²) in [6, 6.07) is 11.6. The van der Waals surface area contributed by atoms with Gasteiger partial charge in [-0.3, -0.25) is 9.89 Å². The second-order valence-electron chi connectivity index (χ2n) is 7.18. The van der Waals surface area contributed by atoms with Crippen LogP contribution in [0.1, 0.15) is 16.3 Å². The molecule has 0 aliphatic carbocycles. The fraction of sp³-hybridized carbons (Fsp3) is 0.227. The molecule has 1 aliphatic rings. The van der Waals surface area contributed by atoms with Crippen LogP contribution in [-0.2, 0) is 11.2 Å². The predicted octanol–water partition coefficient (Wildman–Crippen LogP) is 4.26. The molecule has 0 unspecified atom stereocenters. The summed E-state index contributed by atoms with van der Waals surface area (Å²) in [5, 5.41) is 12.1. The van der Waals surface area contributed by atoms with E-state index in [9.17, 15) is 4.79 Å². The summed E-state index contributed by atoms with van der Waals surface area (Å²) in [6.07, 6.45) is 0.220. The molecule has 1 aliphatic heterocycles. The van der Waals surface area contributed by atoms with Crippen LogP contribution in [0, 0.1) is 13.8 Å². The lowest BCUT2D eigenvalue weighted by Crippen LogP contribution is -2.17. The van der Waals surface area contributed by atoms with Gasteiger partial charge >= 0.3 is 0 Å². The molecule has 3 heterocycles. The van der Waals surface area contributed by atoms with E-state index in [4.69, 9.17) is 9.47 Å². The van der Waals surface area contributed by atoms with Crippen LogP contribution in [0.5, 0.6) is 11.5 Å². The highest BCUT2D eigenvalue weighted by molar-refractivity contribution is 7.15. The van der Waals surface area contributed by atoms with Crippen molar-refractivity contribution in [3.05, 3.63) is 52.7 Å². The fourth-order valence-electron chi connectivity index (χ4n) is 3.61. The van der Waals surface area contributed by atoms with Gasteiger partial charge in [0.2, 0.25) is 5.91 Å². The SMILES string of the molecule is Cc1nc(C)c(-c2ccc3[nH]nc(NC(=O)Cc4ccc5c(c4)OCCO5)c3c2)s1. The van der Waals surface area contributed by atoms with E-state index in [1.165, 1.54) is 0 Å². The van der Waals surface area contributed by atoms with Gasteiger partial charge in [0.15, 0.2) is 17.3 Å². The third-order valence-electron chi connectivity index (χ3n) is 4.96. The van der Waals surface area contributed by atoms with Crippen molar-refractivity contribution in [2.45, 2.75) is 20.3 Å². The smallest absolute Gasteiger partial charge is 0.230 e. The van der Waals surface area contributed by atoms with Gasteiger partial charge in [0.1, 0.15) is 13.2 Å². The minimum absolute atomic E-state index is 0.143. The number of aromatic amines is 1. The summed E-state index contributed by atoms with van der Waals surface area (Å²) in [5.41, 5.74) is 3.79. The van der Waals surface area contributed by atoms with Crippen molar-refractivity contribution in [3.8, 4) is 21.9 Å². The number of hydrogen-bond donors (Lipinski definition) is 2. The molecule has 30 heavy (non-hydrogen) atoms. The lowest BCUT2D eigenvalue weighted by molar-refractivity contribution is -0.115. The van der Waals surface area contributed by atoms with Crippen LogP contribution in [-0.4, -0.2) is 34.3 Å². The summed E-state index contributed by atoms with van der Waals surface area (Å²) in [6.45, 7) is 5.07. The second-order valence-corrected chi connectivity index (χ2v) is 8.39. The second kappa shape index (κ2) is 7.46. The van der Waals surface area contributed by atoms with Crippen molar-refractivity contribution in [1.29, 1.82) is 0 Å². The van der Waals surface area contributed by atoms with Crippen LogP contribution < -0.4 is 14.8 Å². The van der Waals surface area contributed by atoms with Crippen molar-refractivity contribution in [3.63, 3.8) is 0 Å². The van der Waals surface area contributed by atoms with Crippen LogP contribution in [0.3, 0.4) is 0 Å². The van der Waals surface area contributed by atoms with Gasteiger partial charge in [0.25, 0.3) is 0 Å². The van der Waals surface area contributed by atoms with Crippen LogP contribution in [0.2, 0.25) is 0 Å². The number of fused-ring (bicyclic) bond motifs is 2. The first kappa shape index (κ1) is 18.6. The quantitative estimate of drug-likeness (QED) is 0.515. The van der Waals surface area contributed by atoms with Crippen LogP contribution >= 0.6 is 11.3 Å². The summed E-state index contributed by atoms with van der Waals surface area (Å²) in [7, 11) is 0. The normalized spacial score (nSPS) is 12.9. The van der Waals surface area contributed by atoms with Crippen molar-refractivity contribution in [2.24, 2.45) is 0 Å². The molecule has 0 radical (unpaired) electrons. The lowest BCUT2D eigenvalue weighted by atomic mass is 10.1. The molecule has 0 saturated heterocycles. The molecule has 0 saturated carbocycles. The number of aromatic nitrogens is 3. The molecule has 2 aromatic carbocycles. The van der Waals surface area contributed by atoms with E-state index in [0.29, 0.717) is 30.5 Å². The highest BCUT2D eigenvalue weighted by atomic mass is 32.1. The van der Waals surface area contributed by atoms with Gasteiger partial charge in [-0.15, -0.1) is 11.3 Å². The topological polar surface area (TPSA) is 89.1 Å². The fourth-order valence-corrected chi connectivity index (χ4v) is 4.53. The number of thiazole rings is 1. The summed E-state index contributed by atoms with van der Waals surface area (Å²) < 4.78 is 11.1. The van der Waals surface area contributed by atoms with E-state index in [-0.39, 0.29) is 12.3 Å². The van der Waals surface area contributed by atoms with E-state index >= 15 is 0 Å². The Balaban J connectivity index is 1.38. The van der Waals surface area contributed by atoms with Crippen LogP contribution in [0.25, 0.3) is 21.3 Å². The van der Waals surface area contributed by atoms with E-state index in [1.807, 2.05) is 50.2 Å².